The van der Waals surface area contributed by atoms with Gasteiger partial charge in [0.25, 0.3) is 0 Å². The molecule has 0 heterocycles. The van der Waals surface area contributed by atoms with Gasteiger partial charge in [-0.15, -0.1) is 0 Å². The van der Waals surface area contributed by atoms with E-state index in [1.54, 1.807) is 0 Å². The molecule has 19 heavy (non-hydrogen) atoms. The second kappa shape index (κ2) is 7.51. The Hall–Kier alpha value is -1.06. The van der Waals surface area contributed by atoms with Crippen LogP contribution in [-0.2, 0) is 6.54 Å². The SMILES string of the molecule is CC(C)CCOc1ccc(CNC(C)(C)CO)cc1. The van der Waals surface area contributed by atoms with Crippen LogP contribution in [0.15, 0.2) is 24.3 Å². The Bertz CT molecular complexity index is 358. The van der Waals surface area contributed by atoms with Gasteiger partial charge in [-0.1, -0.05) is 26.0 Å². The Labute approximate surface area is 117 Å². The minimum Gasteiger partial charge on any atom is -0.494 e. The lowest BCUT2D eigenvalue weighted by atomic mass is 10.1. The summed E-state index contributed by atoms with van der Waals surface area (Å²) in [7, 11) is 0. The predicted molar refractivity (Wildman–Crippen MR) is 79.4 cm³/mol. The lowest BCUT2D eigenvalue weighted by Gasteiger charge is -2.23. The van der Waals surface area contributed by atoms with Gasteiger partial charge in [0.2, 0.25) is 0 Å². The third-order valence-electron chi connectivity index (χ3n) is 3.05. The van der Waals surface area contributed by atoms with E-state index in [1.165, 1.54) is 5.56 Å². The molecule has 0 aliphatic heterocycles. The third kappa shape index (κ3) is 6.60. The van der Waals surface area contributed by atoms with Gasteiger partial charge in [-0.05, 0) is 43.9 Å². The maximum Gasteiger partial charge on any atom is 0.119 e. The molecule has 108 valence electrons. The number of hydrogen-bond acceptors (Lipinski definition) is 3. The fourth-order valence-corrected chi connectivity index (χ4v) is 1.51. The Morgan fingerprint density at radius 3 is 2.37 bits per heavy atom. The van der Waals surface area contributed by atoms with Crippen molar-refractivity contribution >= 4 is 0 Å². The molecule has 1 aromatic rings. The summed E-state index contributed by atoms with van der Waals surface area (Å²) in [6.07, 6.45) is 1.08. The fourth-order valence-electron chi connectivity index (χ4n) is 1.51. The number of rotatable bonds is 8. The van der Waals surface area contributed by atoms with Gasteiger partial charge in [-0.2, -0.15) is 0 Å². The zero-order valence-electron chi connectivity index (χ0n) is 12.6. The van der Waals surface area contributed by atoms with Crippen LogP contribution in [0.4, 0.5) is 0 Å². The third-order valence-corrected chi connectivity index (χ3v) is 3.05. The molecule has 1 rings (SSSR count). The second-order valence-electron chi connectivity index (χ2n) is 6.07. The Morgan fingerprint density at radius 1 is 1.21 bits per heavy atom. The molecule has 0 aliphatic carbocycles. The van der Waals surface area contributed by atoms with Gasteiger partial charge in [-0.25, -0.2) is 0 Å². The lowest BCUT2D eigenvalue weighted by Crippen LogP contribution is -2.42. The van der Waals surface area contributed by atoms with Crippen molar-refractivity contribution in [2.45, 2.75) is 46.2 Å². The van der Waals surface area contributed by atoms with Crippen LogP contribution in [0.25, 0.3) is 0 Å². The molecule has 0 atom stereocenters. The monoisotopic (exact) mass is 265 g/mol. The molecule has 0 aromatic heterocycles. The Balaban J connectivity index is 2.39. The van der Waals surface area contributed by atoms with Crippen molar-refractivity contribution in [2.75, 3.05) is 13.2 Å². The molecule has 0 saturated carbocycles. The van der Waals surface area contributed by atoms with E-state index in [9.17, 15) is 5.11 Å². The van der Waals surface area contributed by atoms with Gasteiger partial charge in [0.05, 0.1) is 13.2 Å². The van der Waals surface area contributed by atoms with E-state index in [1.807, 2.05) is 26.0 Å². The predicted octanol–water partition coefficient (Wildman–Crippen LogP) is 2.97. The molecule has 0 fully saturated rings. The van der Waals surface area contributed by atoms with Crippen LogP contribution in [0.1, 0.15) is 39.7 Å². The number of nitrogens with one attached hydrogen (secondary N) is 1. The highest BCUT2D eigenvalue weighted by atomic mass is 16.5. The average molecular weight is 265 g/mol. The van der Waals surface area contributed by atoms with Crippen molar-refractivity contribution in [3.63, 3.8) is 0 Å². The number of benzene rings is 1. The van der Waals surface area contributed by atoms with E-state index in [2.05, 4.69) is 31.3 Å². The van der Waals surface area contributed by atoms with Gasteiger partial charge in [0, 0.05) is 12.1 Å². The largest absolute Gasteiger partial charge is 0.494 e. The maximum atomic E-state index is 9.18. The van der Waals surface area contributed by atoms with E-state index in [4.69, 9.17) is 4.74 Å². The van der Waals surface area contributed by atoms with Crippen LogP contribution < -0.4 is 10.1 Å². The summed E-state index contributed by atoms with van der Waals surface area (Å²) in [5.41, 5.74) is 0.949. The molecular weight excluding hydrogens is 238 g/mol. The summed E-state index contributed by atoms with van der Waals surface area (Å²) < 4.78 is 5.68. The summed E-state index contributed by atoms with van der Waals surface area (Å²) in [4.78, 5) is 0. The molecule has 0 radical (unpaired) electrons. The first kappa shape index (κ1) is 16.0. The Kier molecular flexibility index (Phi) is 6.32. The topological polar surface area (TPSA) is 41.5 Å². The molecule has 0 saturated heterocycles. The Morgan fingerprint density at radius 2 is 1.84 bits per heavy atom. The number of hydrogen-bond donors (Lipinski definition) is 2. The molecule has 2 N–H and O–H groups in total. The van der Waals surface area contributed by atoms with E-state index in [0.29, 0.717) is 5.92 Å². The van der Waals surface area contributed by atoms with Crippen molar-refractivity contribution in [1.29, 1.82) is 0 Å². The van der Waals surface area contributed by atoms with Gasteiger partial charge in [-0.3, -0.25) is 0 Å². The molecule has 0 unspecified atom stereocenters. The van der Waals surface area contributed by atoms with Crippen molar-refractivity contribution in [3.05, 3.63) is 29.8 Å². The number of aliphatic hydroxyl groups excluding tert-OH is 1. The molecular formula is C16H27NO2. The first-order chi connectivity index (χ1) is 8.93. The van der Waals surface area contributed by atoms with Gasteiger partial charge < -0.3 is 15.2 Å². The van der Waals surface area contributed by atoms with Gasteiger partial charge in [0.15, 0.2) is 0 Å². The van der Waals surface area contributed by atoms with Crippen LogP contribution in [0, 0.1) is 5.92 Å². The fraction of sp³-hybridized carbons (Fsp3) is 0.625. The quantitative estimate of drug-likeness (QED) is 0.759. The summed E-state index contributed by atoms with van der Waals surface area (Å²) in [6.45, 7) is 10.0. The van der Waals surface area contributed by atoms with Gasteiger partial charge in [0.1, 0.15) is 5.75 Å². The molecule has 3 nitrogen and oxygen atoms in total. The molecule has 0 amide bonds. The minimum atomic E-state index is -0.244. The first-order valence-corrected chi connectivity index (χ1v) is 7.00. The molecule has 0 aliphatic rings. The average Bonchev–Trinajstić information content (AvgIpc) is 2.37. The van der Waals surface area contributed by atoms with E-state index in [0.717, 1.165) is 25.3 Å². The second-order valence-corrected chi connectivity index (χ2v) is 6.07. The number of ether oxygens (including phenoxy) is 1. The van der Waals surface area contributed by atoms with Crippen molar-refractivity contribution in [1.82, 2.24) is 5.32 Å². The zero-order valence-corrected chi connectivity index (χ0v) is 12.6. The molecule has 3 heteroatoms. The highest BCUT2D eigenvalue weighted by Gasteiger charge is 2.14. The summed E-state index contributed by atoms with van der Waals surface area (Å²) in [5, 5.41) is 12.5. The van der Waals surface area contributed by atoms with Crippen LogP contribution in [-0.4, -0.2) is 23.9 Å². The maximum absolute atomic E-state index is 9.18. The van der Waals surface area contributed by atoms with E-state index in [-0.39, 0.29) is 12.1 Å². The van der Waals surface area contributed by atoms with Crippen molar-refractivity contribution in [3.8, 4) is 5.75 Å². The van der Waals surface area contributed by atoms with E-state index < -0.39 is 0 Å². The van der Waals surface area contributed by atoms with Crippen molar-refractivity contribution < 1.29 is 9.84 Å². The van der Waals surface area contributed by atoms with Crippen LogP contribution in [0.5, 0.6) is 5.75 Å². The number of aliphatic hydroxyl groups is 1. The smallest absolute Gasteiger partial charge is 0.119 e. The minimum absolute atomic E-state index is 0.128. The van der Waals surface area contributed by atoms with Crippen LogP contribution in [0.3, 0.4) is 0 Å². The lowest BCUT2D eigenvalue weighted by molar-refractivity contribution is 0.187. The highest BCUT2D eigenvalue weighted by Crippen LogP contribution is 2.14. The normalized spacial score (nSPS) is 11.9. The van der Waals surface area contributed by atoms with Crippen LogP contribution in [0.2, 0.25) is 0 Å². The summed E-state index contributed by atoms with van der Waals surface area (Å²) in [5.74, 6) is 1.59. The van der Waals surface area contributed by atoms with Crippen molar-refractivity contribution in [2.24, 2.45) is 5.92 Å². The summed E-state index contributed by atoms with van der Waals surface area (Å²) >= 11 is 0. The van der Waals surface area contributed by atoms with Gasteiger partial charge >= 0.3 is 0 Å². The van der Waals surface area contributed by atoms with E-state index >= 15 is 0 Å². The molecule has 0 spiro atoms. The molecule has 1 aromatic carbocycles. The first-order valence-electron chi connectivity index (χ1n) is 7.00. The molecule has 0 bridgehead atoms. The highest BCUT2D eigenvalue weighted by molar-refractivity contribution is 5.27. The van der Waals surface area contributed by atoms with Crippen LogP contribution >= 0.6 is 0 Å². The zero-order chi connectivity index (χ0) is 14.3. The standard InChI is InChI=1S/C16H27NO2/c1-13(2)9-10-19-15-7-5-14(6-8-15)11-17-16(3,4)12-18/h5-8,13,17-18H,9-12H2,1-4H3. The summed E-state index contributed by atoms with van der Waals surface area (Å²) in [6, 6.07) is 8.13.